The van der Waals surface area contributed by atoms with E-state index in [4.69, 9.17) is 8.85 Å². The lowest BCUT2D eigenvalue weighted by atomic mass is 9.91. The van der Waals surface area contributed by atoms with Crippen LogP contribution >= 0.6 is 0 Å². The van der Waals surface area contributed by atoms with Crippen molar-refractivity contribution in [3.05, 3.63) is 0 Å². The predicted octanol–water partition coefficient (Wildman–Crippen LogP) is 4.71. The second kappa shape index (κ2) is 7.95. The SMILES string of the molecule is C1CCC(C[SiH](OC2CCCC2)OC2CCCC2)CC1. The molecule has 116 valence electrons. The van der Waals surface area contributed by atoms with Gasteiger partial charge in [0.05, 0.1) is 0 Å². The molecule has 2 nitrogen and oxygen atoms in total. The van der Waals surface area contributed by atoms with E-state index in [1.807, 2.05) is 0 Å². The summed E-state index contributed by atoms with van der Waals surface area (Å²) in [5, 5.41) is 0. The minimum Gasteiger partial charge on any atom is -0.393 e. The van der Waals surface area contributed by atoms with Gasteiger partial charge in [-0.3, -0.25) is 0 Å². The highest BCUT2D eigenvalue weighted by Crippen LogP contribution is 2.32. The first-order valence-corrected chi connectivity index (χ1v) is 11.0. The molecule has 0 aliphatic heterocycles. The largest absolute Gasteiger partial charge is 0.393 e. The van der Waals surface area contributed by atoms with Crippen molar-refractivity contribution in [2.45, 2.75) is 102 Å². The molecular formula is C17H32O2Si. The highest BCUT2D eigenvalue weighted by atomic mass is 28.3. The smallest absolute Gasteiger partial charge is 0.322 e. The molecule has 0 saturated heterocycles. The topological polar surface area (TPSA) is 18.5 Å². The molecular weight excluding hydrogens is 264 g/mol. The molecule has 3 aliphatic rings. The molecule has 0 aromatic carbocycles. The zero-order valence-electron chi connectivity index (χ0n) is 13.0. The molecule has 0 bridgehead atoms. The van der Waals surface area contributed by atoms with Crippen LogP contribution in [0.5, 0.6) is 0 Å². The van der Waals surface area contributed by atoms with E-state index in [9.17, 15) is 0 Å². The average Bonchev–Trinajstić information content (AvgIpc) is 3.13. The Bertz CT molecular complexity index is 248. The van der Waals surface area contributed by atoms with Gasteiger partial charge in [0.1, 0.15) is 0 Å². The average molecular weight is 297 g/mol. The monoisotopic (exact) mass is 296 g/mol. The summed E-state index contributed by atoms with van der Waals surface area (Å²) in [6.07, 6.45) is 19.0. The molecule has 0 aromatic heterocycles. The third kappa shape index (κ3) is 4.57. The van der Waals surface area contributed by atoms with E-state index >= 15 is 0 Å². The predicted molar refractivity (Wildman–Crippen MR) is 85.2 cm³/mol. The van der Waals surface area contributed by atoms with Gasteiger partial charge in [0.15, 0.2) is 0 Å². The Kier molecular flexibility index (Phi) is 5.98. The van der Waals surface area contributed by atoms with E-state index in [-0.39, 0.29) is 0 Å². The Morgan fingerprint density at radius 1 is 0.600 bits per heavy atom. The molecule has 20 heavy (non-hydrogen) atoms. The maximum Gasteiger partial charge on any atom is 0.322 e. The Morgan fingerprint density at radius 2 is 1.05 bits per heavy atom. The summed E-state index contributed by atoms with van der Waals surface area (Å²) in [5.41, 5.74) is 0. The summed E-state index contributed by atoms with van der Waals surface area (Å²) in [5.74, 6) is 0.920. The summed E-state index contributed by atoms with van der Waals surface area (Å²) in [7, 11) is -1.41. The summed E-state index contributed by atoms with van der Waals surface area (Å²) >= 11 is 0. The maximum absolute atomic E-state index is 6.49. The van der Waals surface area contributed by atoms with Gasteiger partial charge in [-0.25, -0.2) is 0 Å². The maximum atomic E-state index is 6.49. The molecule has 0 amide bonds. The fraction of sp³-hybridized carbons (Fsp3) is 1.00. The summed E-state index contributed by atoms with van der Waals surface area (Å²) in [6, 6.07) is 1.30. The lowest BCUT2D eigenvalue weighted by Gasteiger charge is -2.29. The molecule has 3 saturated carbocycles. The van der Waals surface area contributed by atoms with E-state index < -0.39 is 9.28 Å². The van der Waals surface area contributed by atoms with Crippen molar-refractivity contribution < 1.29 is 8.85 Å². The normalized spacial score (nSPS) is 26.9. The summed E-state index contributed by atoms with van der Waals surface area (Å²) < 4.78 is 13.0. The molecule has 0 aromatic rings. The molecule has 0 N–H and O–H groups in total. The zero-order chi connectivity index (χ0) is 13.6. The van der Waals surface area contributed by atoms with Crippen molar-refractivity contribution in [2.75, 3.05) is 0 Å². The van der Waals surface area contributed by atoms with Crippen LogP contribution in [0.25, 0.3) is 0 Å². The van der Waals surface area contributed by atoms with Crippen molar-refractivity contribution in [3.63, 3.8) is 0 Å². The minimum atomic E-state index is -1.41. The van der Waals surface area contributed by atoms with Crippen LogP contribution in [0, 0.1) is 5.92 Å². The van der Waals surface area contributed by atoms with Crippen LogP contribution in [0.4, 0.5) is 0 Å². The van der Waals surface area contributed by atoms with E-state index in [1.165, 1.54) is 89.5 Å². The van der Waals surface area contributed by atoms with Crippen molar-refractivity contribution in [2.24, 2.45) is 5.92 Å². The first-order valence-electron chi connectivity index (χ1n) is 9.21. The molecule has 3 aliphatic carbocycles. The highest BCUT2D eigenvalue weighted by molar-refractivity contribution is 6.44. The van der Waals surface area contributed by atoms with Gasteiger partial charge in [-0.15, -0.1) is 0 Å². The summed E-state index contributed by atoms with van der Waals surface area (Å²) in [6.45, 7) is 0. The van der Waals surface area contributed by atoms with E-state index in [2.05, 4.69) is 0 Å². The Hall–Kier alpha value is 0.137. The van der Waals surface area contributed by atoms with Gasteiger partial charge in [0.25, 0.3) is 0 Å². The molecule has 3 fully saturated rings. The molecule has 0 radical (unpaired) electrons. The molecule has 0 heterocycles. The molecule has 3 rings (SSSR count). The fourth-order valence-corrected chi connectivity index (χ4v) is 7.02. The van der Waals surface area contributed by atoms with E-state index in [1.54, 1.807) is 0 Å². The number of rotatable bonds is 6. The van der Waals surface area contributed by atoms with E-state index in [0.717, 1.165) is 5.92 Å². The van der Waals surface area contributed by atoms with Crippen LogP contribution in [0.15, 0.2) is 0 Å². The van der Waals surface area contributed by atoms with Gasteiger partial charge in [-0.1, -0.05) is 57.8 Å². The Balaban J connectivity index is 1.50. The van der Waals surface area contributed by atoms with Crippen LogP contribution in [-0.4, -0.2) is 21.5 Å². The van der Waals surface area contributed by atoms with Gasteiger partial charge in [-0.2, -0.15) is 0 Å². The van der Waals surface area contributed by atoms with Crippen molar-refractivity contribution in [3.8, 4) is 0 Å². The van der Waals surface area contributed by atoms with Crippen LogP contribution in [-0.2, 0) is 8.85 Å². The quantitative estimate of drug-likeness (QED) is 0.661. The minimum absolute atomic E-state index is 0.552. The standard InChI is InChI=1S/C17H32O2Si/c1-2-8-15(9-3-1)14-20(18-16-10-4-5-11-16)19-17-12-6-7-13-17/h15-17,20H,1-14H2. The number of hydrogen-bond acceptors (Lipinski definition) is 2. The molecule has 0 spiro atoms. The zero-order valence-corrected chi connectivity index (χ0v) is 14.2. The van der Waals surface area contributed by atoms with Gasteiger partial charge < -0.3 is 8.85 Å². The molecule has 0 atom stereocenters. The second-order valence-corrected chi connectivity index (χ2v) is 9.13. The number of hydrogen-bond donors (Lipinski definition) is 0. The molecule has 0 unspecified atom stereocenters. The lowest BCUT2D eigenvalue weighted by Crippen LogP contribution is -2.33. The van der Waals surface area contributed by atoms with Crippen LogP contribution in [0.2, 0.25) is 6.04 Å². The van der Waals surface area contributed by atoms with Crippen LogP contribution < -0.4 is 0 Å². The van der Waals surface area contributed by atoms with Crippen LogP contribution in [0.1, 0.15) is 83.5 Å². The van der Waals surface area contributed by atoms with E-state index in [0.29, 0.717) is 12.2 Å². The molecule has 3 heteroatoms. The third-order valence-electron chi connectivity index (χ3n) is 5.54. The fourth-order valence-electron chi connectivity index (χ4n) is 4.32. The van der Waals surface area contributed by atoms with Gasteiger partial charge >= 0.3 is 9.28 Å². The lowest BCUT2D eigenvalue weighted by molar-refractivity contribution is 0.0998. The van der Waals surface area contributed by atoms with Gasteiger partial charge in [-0.05, 0) is 37.6 Å². The first kappa shape index (κ1) is 15.0. The first-order chi connectivity index (χ1) is 9.90. The van der Waals surface area contributed by atoms with Gasteiger partial charge in [0, 0.05) is 12.2 Å². The van der Waals surface area contributed by atoms with Crippen molar-refractivity contribution in [1.29, 1.82) is 0 Å². The van der Waals surface area contributed by atoms with Crippen molar-refractivity contribution >= 4 is 9.28 Å². The van der Waals surface area contributed by atoms with Crippen LogP contribution in [0.3, 0.4) is 0 Å². The highest BCUT2D eigenvalue weighted by Gasteiger charge is 2.29. The van der Waals surface area contributed by atoms with Crippen molar-refractivity contribution in [1.82, 2.24) is 0 Å². The Morgan fingerprint density at radius 3 is 1.55 bits per heavy atom. The third-order valence-corrected chi connectivity index (χ3v) is 7.97. The Labute approximate surface area is 126 Å². The second-order valence-electron chi connectivity index (χ2n) is 7.25. The summed E-state index contributed by atoms with van der Waals surface area (Å²) in [4.78, 5) is 0. The van der Waals surface area contributed by atoms with Gasteiger partial charge in [0.2, 0.25) is 0 Å².